The second-order valence-electron chi connectivity index (χ2n) is 20.8. The van der Waals surface area contributed by atoms with Crippen molar-refractivity contribution < 1.29 is 29.0 Å². The van der Waals surface area contributed by atoms with E-state index in [2.05, 4.69) is 56.7 Å². The summed E-state index contributed by atoms with van der Waals surface area (Å²) in [5.74, 6) is 1.38. The van der Waals surface area contributed by atoms with Crippen LogP contribution in [-0.4, -0.2) is 119 Å². The van der Waals surface area contributed by atoms with Crippen LogP contribution in [0, 0.1) is 12.3 Å². The first-order valence-corrected chi connectivity index (χ1v) is 29.0. The Morgan fingerprint density at radius 1 is 0.873 bits per heavy atom. The Labute approximate surface area is 467 Å². The third kappa shape index (κ3) is 16.4. The molecule has 0 spiro atoms. The molecule has 2 radical (unpaired) electrons. The van der Waals surface area contributed by atoms with E-state index < -0.39 is 23.1 Å². The molecule has 79 heavy (non-hydrogen) atoms. The Morgan fingerprint density at radius 3 is 2.48 bits per heavy atom. The first-order chi connectivity index (χ1) is 38.2. The van der Waals surface area contributed by atoms with Crippen LogP contribution in [0.15, 0.2) is 103 Å². The van der Waals surface area contributed by atoms with Gasteiger partial charge in [0, 0.05) is 81.4 Å². The molecule has 4 aromatic heterocycles. The number of anilines is 1. The minimum absolute atomic E-state index is 0.0696. The highest BCUT2D eigenvalue weighted by Gasteiger charge is 2.44. The number of aliphatic hydroxyl groups is 1. The number of nitrogens with one attached hydrogen (secondary N) is 4. The Morgan fingerprint density at radius 2 is 1.70 bits per heavy atom. The number of aromatic nitrogens is 9. The minimum Gasteiger partial charge on any atom is -0.494 e. The number of carbonyl (C=O) groups excluding carboxylic acids is 4. The molecule has 1 saturated heterocycles. The average Bonchev–Trinajstić information content (AvgIpc) is 4.40. The lowest BCUT2D eigenvalue weighted by molar-refractivity contribution is -0.140. The largest absolute Gasteiger partial charge is 0.494 e. The van der Waals surface area contributed by atoms with Crippen molar-refractivity contribution in [3.63, 3.8) is 0 Å². The van der Waals surface area contributed by atoms with E-state index in [0.717, 1.165) is 82.4 Å². The highest BCUT2D eigenvalue weighted by molar-refractivity contribution is 7.13. The summed E-state index contributed by atoms with van der Waals surface area (Å²) in [6.07, 6.45) is 10.1. The molecule has 3 aromatic carbocycles. The number of aryl methyl sites for hydroxylation is 3. The van der Waals surface area contributed by atoms with Crippen LogP contribution >= 0.6 is 11.3 Å². The second kappa shape index (κ2) is 27.8. The van der Waals surface area contributed by atoms with Gasteiger partial charge in [0.05, 0.1) is 50.6 Å². The lowest BCUT2D eigenvalue weighted by Crippen LogP contribution is -2.50. The van der Waals surface area contributed by atoms with Gasteiger partial charge in [0.2, 0.25) is 17.7 Å². The molecule has 20 nitrogen and oxygen atoms in total. The molecule has 5 N–H and O–H groups in total. The quantitative estimate of drug-likeness (QED) is 0.0266. The number of nitrogens with zero attached hydrogens (tertiary/aromatic N) is 10. The van der Waals surface area contributed by atoms with Crippen LogP contribution in [0.3, 0.4) is 0 Å². The van der Waals surface area contributed by atoms with E-state index in [-0.39, 0.29) is 46.1 Å². The summed E-state index contributed by atoms with van der Waals surface area (Å²) in [6, 6.07) is 24.1. The highest BCUT2D eigenvalue weighted by Crippen LogP contribution is 2.35. The maximum absolute atomic E-state index is 14.1. The van der Waals surface area contributed by atoms with Crippen LogP contribution in [0.5, 0.6) is 5.75 Å². The summed E-state index contributed by atoms with van der Waals surface area (Å²) >= 11 is 1.59. The number of amides is 4. The molecule has 7 aromatic rings. The average molecular weight is 1110 g/mol. The van der Waals surface area contributed by atoms with E-state index in [1.165, 1.54) is 11.2 Å². The molecule has 1 aliphatic heterocycles. The Bertz CT molecular complexity index is 3130. The first-order valence-electron chi connectivity index (χ1n) is 26.8. The standard InChI is InChI=1S/C57H70N14O6SSi/c1-38-51(78-36-63-38)41-21-19-39(20-22-41)30-61-55(75)48-29-45(72)34-71(48)56(76)52(57(2,3)4)79-37-64-50(73)18-8-7-15-44-33-70(68-65-44)25-9-6-10-26-77-46-17-11-13-40(27-46)31-60-54(74)42-14-12-16-43(28-42)59-32-49-66-67-53(69(49)5)47-23-24-58-35-62-47/h11-14,16-17,19-24,27-28,33,35-36,45,48,52,59,72H,6-10,15,18,25-26,29-32,34,37H2,1-5H3,(H,60,74)(H,61,75)(H,64,73)/t45-,48+,52?/m1/s1. The van der Waals surface area contributed by atoms with Crippen molar-refractivity contribution in [2.75, 3.05) is 24.6 Å². The van der Waals surface area contributed by atoms with E-state index in [0.29, 0.717) is 68.8 Å². The second-order valence-corrected chi connectivity index (χ2v) is 23.0. The van der Waals surface area contributed by atoms with Crippen LogP contribution in [0.4, 0.5) is 5.69 Å². The highest BCUT2D eigenvalue weighted by atomic mass is 32.1. The zero-order valence-corrected chi connectivity index (χ0v) is 47.3. The van der Waals surface area contributed by atoms with Crippen LogP contribution in [0.25, 0.3) is 22.0 Å². The van der Waals surface area contributed by atoms with Crippen LogP contribution in [0.1, 0.15) is 104 Å². The summed E-state index contributed by atoms with van der Waals surface area (Å²) in [5, 5.41) is 40.2. The number of hydrogen-bond acceptors (Lipinski definition) is 15. The molecule has 1 aliphatic rings. The number of thiazole rings is 1. The van der Waals surface area contributed by atoms with Crippen molar-refractivity contribution in [3.05, 3.63) is 137 Å². The maximum atomic E-state index is 14.1. The van der Waals surface area contributed by atoms with Crippen molar-refractivity contribution in [2.45, 2.75) is 123 Å². The van der Waals surface area contributed by atoms with Crippen molar-refractivity contribution in [1.82, 2.24) is 65.6 Å². The van der Waals surface area contributed by atoms with Gasteiger partial charge in [-0.3, -0.25) is 23.9 Å². The molecule has 0 saturated carbocycles. The normalized spacial score (nSPS) is 14.7. The van der Waals surface area contributed by atoms with Crippen molar-refractivity contribution >= 4 is 50.2 Å². The SMILES string of the molecule is Cc1ncsc1-c1ccc(CNC(=O)[C@@H]2C[C@@H](O)CN2C(=O)C([Si]CNC(=O)CCCCc2cn(CCCCCOc3cccc(CNC(=O)c4cccc(NCc5nnc(-c6ccncn6)n5C)c4)c3)nn2)C(C)(C)C)cc1. The van der Waals surface area contributed by atoms with Gasteiger partial charge in [0.25, 0.3) is 5.91 Å². The van der Waals surface area contributed by atoms with Gasteiger partial charge in [-0.25, -0.2) is 15.0 Å². The minimum atomic E-state index is -0.794. The number of β-amino-alcohol motifs (C(OH)–C–C–N with tert-alkyl or cyclic N) is 1. The molecular weight excluding hydrogens is 1040 g/mol. The van der Waals surface area contributed by atoms with Crippen LogP contribution < -0.4 is 26.0 Å². The third-order valence-corrected chi connectivity index (χ3v) is 16.6. The molecule has 414 valence electrons. The van der Waals surface area contributed by atoms with Gasteiger partial charge in [0.1, 0.15) is 23.8 Å². The van der Waals surface area contributed by atoms with Gasteiger partial charge in [-0.15, -0.1) is 26.6 Å². The number of benzene rings is 3. The summed E-state index contributed by atoms with van der Waals surface area (Å²) in [5.41, 5.74) is 7.75. The summed E-state index contributed by atoms with van der Waals surface area (Å²) < 4.78 is 9.79. The number of aliphatic hydroxyl groups excluding tert-OH is 1. The maximum Gasteiger partial charge on any atom is 0.251 e. The van der Waals surface area contributed by atoms with E-state index in [9.17, 15) is 24.3 Å². The topological polar surface area (TPSA) is 249 Å². The first kappa shape index (κ1) is 57.5. The van der Waals surface area contributed by atoms with E-state index in [4.69, 9.17) is 4.74 Å². The molecule has 0 aliphatic carbocycles. The third-order valence-electron chi connectivity index (χ3n) is 13.7. The molecule has 1 fully saturated rings. The fourth-order valence-electron chi connectivity index (χ4n) is 9.27. The Balaban J connectivity index is 0.672. The monoisotopic (exact) mass is 1110 g/mol. The summed E-state index contributed by atoms with van der Waals surface area (Å²) in [7, 11) is 1.98. The smallest absolute Gasteiger partial charge is 0.251 e. The molecule has 8 rings (SSSR count). The molecule has 22 heteroatoms. The van der Waals surface area contributed by atoms with Gasteiger partial charge in [0.15, 0.2) is 11.6 Å². The summed E-state index contributed by atoms with van der Waals surface area (Å²) in [4.78, 5) is 68.8. The Kier molecular flexibility index (Phi) is 20.2. The van der Waals surface area contributed by atoms with Gasteiger partial charge in [-0.2, -0.15) is 0 Å². The molecule has 3 atom stereocenters. The number of rotatable bonds is 27. The lowest BCUT2D eigenvalue weighted by atomic mass is 9.90. The Hall–Kier alpha value is -7.69. The molecule has 1 unspecified atom stereocenters. The fourth-order valence-corrected chi connectivity index (χ4v) is 11.5. The fraction of sp³-hybridized carbons (Fsp3) is 0.421. The summed E-state index contributed by atoms with van der Waals surface area (Å²) in [6.45, 7) is 10.4. The van der Waals surface area contributed by atoms with E-state index in [1.807, 2.05) is 122 Å². The van der Waals surface area contributed by atoms with Gasteiger partial charge in [-0.1, -0.05) is 68.4 Å². The zero-order chi connectivity index (χ0) is 55.7. The molecular formula is C57H70N14O6SSi. The number of ether oxygens (including phenoxy) is 1. The zero-order valence-electron chi connectivity index (χ0n) is 45.5. The van der Waals surface area contributed by atoms with E-state index in [1.54, 1.807) is 29.7 Å². The van der Waals surface area contributed by atoms with Gasteiger partial charge in [-0.05, 0) is 104 Å². The number of likely N-dealkylation sites (tertiary alicyclic amines) is 1. The number of carbonyl (C=O) groups is 4. The van der Waals surface area contributed by atoms with Crippen molar-refractivity contribution in [1.29, 1.82) is 0 Å². The van der Waals surface area contributed by atoms with Crippen LogP contribution in [-0.2, 0) is 54.0 Å². The molecule has 0 bridgehead atoms. The predicted octanol–water partition coefficient (Wildman–Crippen LogP) is 6.69. The predicted molar refractivity (Wildman–Crippen MR) is 303 cm³/mol. The van der Waals surface area contributed by atoms with E-state index >= 15 is 0 Å². The molecule has 4 amide bonds. The van der Waals surface area contributed by atoms with Crippen molar-refractivity contribution in [2.24, 2.45) is 12.5 Å². The number of hydrogen-bond donors (Lipinski definition) is 5. The van der Waals surface area contributed by atoms with Crippen LogP contribution in [0.2, 0.25) is 5.54 Å². The van der Waals surface area contributed by atoms with Gasteiger partial charge < -0.3 is 40.6 Å². The van der Waals surface area contributed by atoms with Gasteiger partial charge >= 0.3 is 0 Å². The van der Waals surface area contributed by atoms with Crippen molar-refractivity contribution in [3.8, 4) is 27.7 Å². The lowest BCUT2D eigenvalue weighted by Gasteiger charge is -2.34. The molecule has 5 heterocycles. The number of unbranched alkanes of at least 4 members (excludes halogenated alkanes) is 3.